The Morgan fingerprint density at radius 2 is 2.05 bits per heavy atom. The van der Waals surface area contributed by atoms with E-state index in [1.807, 2.05) is 18.2 Å². The van der Waals surface area contributed by atoms with Gasteiger partial charge in [0.1, 0.15) is 6.61 Å². The molecule has 0 spiro atoms. The molecular weight excluding hydrogens is 260 g/mol. The molecule has 6 heteroatoms. The second-order valence-corrected chi connectivity index (χ2v) is 4.63. The van der Waals surface area contributed by atoms with E-state index in [9.17, 15) is 9.59 Å². The van der Waals surface area contributed by atoms with Crippen LogP contribution in [0.3, 0.4) is 0 Å². The molecule has 2 rings (SSSR count). The molecule has 1 atom stereocenters. The minimum absolute atomic E-state index is 0.0479. The van der Waals surface area contributed by atoms with Gasteiger partial charge in [-0.05, 0) is 24.1 Å². The summed E-state index contributed by atoms with van der Waals surface area (Å²) in [5, 5.41) is 5.40. The lowest BCUT2D eigenvalue weighted by Crippen LogP contribution is -2.44. The van der Waals surface area contributed by atoms with E-state index in [4.69, 9.17) is 9.47 Å². The zero-order valence-electron chi connectivity index (χ0n) is 11.6. The Morgan fingerprint density at radius 1 is 1.25 bits per heavy atom. The number of hydrogen-bond acceptors (Lipinski definition) is 4. The van der Waals surface area contributed by atoms with Gasteiger partial charge in [0.2, 0.25) is 18.0 Å². The standard InChI is InChI=1S/C14H18N2O4/c1-9(17)15-6-5-11-3-4-12-13(7-11)20-14(8-19-12)16-10(2)18/h3-4,7,14H,5-6,8H2,1-2H3,(H,15,17)(H,16,18). The molecule has 0 bridgehead atoms. The highest BCUT2D eigenvalue weighted by molar-refractivity contribution is 5.73. The lowest BCUT2D eigenvalue weighted by atomic mass is 10.1. The van der Waals surface area contributed by atoms with Crippen LogP contribution in [0.4, 0.5) is 0 Å². The maximum absolute atomic E-state index is 11.0. The molecule has 1 aliphatic rings. The van der Waals surface area contributed by atoms with Gasteiger partial charge in [-0.2, -0.15) is 0 Å². The number of amides is 2. The predicted octanol–water partition coefficient (Wildman–Crippen LogP) is 0.599. The van der Waals surface area contributed by atoms with Crippen LogP contribution in [0.2, 0.25) is 0 Å². The second-order valence-electron chi connectivity index (χ2n) is 4.63. The van der Waals surface area contributed by atoms with Gasteiger partial charge in [-0.3, -0.25) is 9.59 Å². The summed E-state index contributed by atoms with van der Waals surface area (Å²) in [4.78, 5) is 21.8. The maximum Gasteiger partial charge on any atom is 0.219 e. The van der Waals surface area contributed by atoms with Crippen molar-refractivity contribution in [3.8, 4) is 11.5 Å². The van der Waals surface area contributed by atoms with Gasteiger partial charge in [-0.15, -0.1) is 0 Å². The van der Waals surface area contributed by atoms with Crippen LogP contribution in [0.5, 0.6) is 11.5 Å². The second kappa shape index (κ2) is 6.27. The van der Waals surface area contributed by atoms with Gasteiger partial charge < -0.3 is 20.1 Å². The fourth-order valence-corrected chi connectivity index (χ4v) is 1.95. The van der Waals surface area contributed by atoms with Crippen molar-refractivity contribution in [1.29, 1.82) is 0 Å². The summed E-state index contributed by atoms with van der Waals surface area (Å²) < 4.78 is 11.2. The highest BCUT2D eigenvalue weighted by Gasteiger charge is 2.21. The highest BCUT2D eigenvalue weighted by Crippen LogP contribution is 2.32. The van der Waals surface area contributed by atoms with Crippen molar-refractivity contribution in [3.05, 3.63) is 23.8 Å². The fraction of sp³-hybridized carbons (Fsp3) is 0.429. The number of nitrogens with one attached hydrogen (secondary N) is 2. The van der Waals surface area contributed by atoms with E-state index in [2.05, 4.69) is 10.6 Å². The van der Waals surface area contributed by atoms with Crippen molar-refractivity contribution in [3.63, 3.8) is 0 Å². The van der Waals surface area contributed by atoms with Gasteiger partial charge in [-0.25, -0.2) is 0 Å². The Balaban J connectivity index is 1.99. The van der Waals surface area contributed by atoms with Crippen LogP contribution in [0.25, 0.3) is 0 Å². The van der Waals surface area contributed by atoms with Gasteiger partial charge in [0, 0.05) is 20.4 Å². The molecule has 0 fully saturated rings. The summed E-state index contributed by atoms with van der Waals surface area (Å²) >= 11 is 0. The average molecular weight is 278 g/mol. The minimum Gasteiger partial charge on any atom is -0.484 e. The van der Waals surface area contributed by atoms with Gasteiger partial charge in [0.05, 0.1) is 0 Å². The van der Waals surface area contributed by atoms with Crippen molar-refractivity contribution in [2.75, 3.05) is 13.2 Å². The third kappa shape index (κ3) is 3.88. The first kappa shape index (κ1) is 14.2. The summed E-state index contributed by atoms with van der Waals surface area (Å²) in [5.74, 6) is 1.06. The van der Waals surface area contributed by atoms with Crippen LogP contribution < -0.4 is 20.1 Å². The average Bonchev–Trinajstić information content (AvgIpc) is 2.37. The van der Waals surface area contributed by atoms with Gasteiger partial charge in [0.25, 0.3) is 0 Å². The van der Waals surface area contributed by atoms with Crippen molar-refractivity contribution in [2.24, 2.45) is 0 Å². The SMILES string of the molecule is CC(=O)NCCc1ccc2c(c1)OC(NC(C)=O)CO2. The third-order valence-corrected chi connectivity index (χ3v) is 2.82. The first-order chi connectivity index (χ1) is 9.54. The summed E-state index contributed by atoms with van der Waals surface area (Å²) in [6.45, 7) is 3.78. The summed E-state index contributed by atoms with van der Waals surface area (Å²) in [5.41, 5.74) is 1.03. The molecule has 1 aromatic carbocycles. The molecule has 1 unspecified atom stereocenters. The smallest absolute Gasteiger partial charge is 0.219 e. The molecule has 0 saturated heterocycles. The molecule has 2 N–H and O–H groups in total. The topological polar surface area (TPSA) is 76.7 Å². The molecule has 0 saturated carbocycles. The number of carbonyl (C=O) groups excluding carboxylic acids is 2. The lowest BCUT2D eigenvalue weighted by molar-refractivity contribution is -0.122. The fourth-order valence-electron chi connectivity index (χ4n) is 1.95. The number of rotatable bonds is 4. The van der Waals surface area contributed by atoms with E-state index in [0.717, 1.165) is 5.56 Å². The summed E-state index contributed by atoms with van der Waals surface area (Å²) in [6.07, 6.45) is 0.242. The first-order valence-corrected chi connectivity index (χ1v) is 6.48. The Hall–Kier alpha value is -2.24. The highest BCUT2D eigenvalue weighted by atomic mass is 16.6. The number of carbonyl (C=O) groups is 2. The molecule has 20 heavy (non-hydrogen) atoms. The molecular formula is C14H18N2O4. The number of benzene rings is 1. The van der Waals surface area contributed by atoms with Crippen molar-refractivity contribution in [2.45, 2.75) is 26.5 Å². The zero-order valence-corrected chi connectivity index (χ0v) is 11.6. The number of hydrogen-bond donors (Lipinski definition) is 2. The van der Waals surface area contributed by atoms with Crippen LogP contribution in [-0.2, 0) is 16.0 Å². The van der Waals surface area contributed by atoms with Crippen molar-refractivity contribution >= 4 is 11.8 Å². The molecule has 6 nitrogen and oxygen atoms in total. The van der Waals surface area contributed by atoms with Crippen LogP contribution >= 0.6 is 0 Å². The Labute approximate surface area is 117 Å². The van der Waals surface area contributed by atoms with E-state index < -0.39 is 6.23 Å². The van der Waals surface area contributed by atoms with Gasteiger partial charge >= 0.3 is 0 Å². The van der Waals surface area contributed by atoms with Gasteiger partial charge in [-0.1, -0.05) is 6.07 Å². The molecule has 108 valence electrons. The van der Waals surface area contributed by atoms with Crippen LogP contribution in [0, 0.1) is 0 Å². The number of fused-ring (bicyclic) bond motifs is 1. The largest absolute Gasteiger partial charge is 0.484 e. The predicted molar refractivity (Wildman–Crippen MR) is 72.6 cm³/mol. The molecule has 1 aliphatic heterocycles. The number of ether oxygens (including phenoxy) is 2. The van der Waals surface area contributed by atoms with E-state index in [0.29, 0.717) is 24.5 Å². The quantitative estimate of drug-likeness (QED) is 0.845. The van der Waals surface area contributed by atoms with E-state index in [1.54, 1.807) is 0 Å². The Kier molecular flexibility index (Phi) is 4.45. The van der Waals surface area contributed by atoms with Crippen molar-refractivity contribution < 1.29 is 19.1 Å². The molecule has 1 aromatic rings. The molecule has 2 amide bonds. The van der Waals surface area contributed by atoms with Crippen molar-refractivity contribution in [1.82, 2.24) is 10.6 Å². The van der Waals surface area contributed by atoms with Crippen LogP contribution in [0.1, 0.15) is 19.4 Å². The minimum atomic E-state index is -0.467. The Bertz CT molecular complexity index is 516. The lowest BCUT2D eigenvalue weighted by Gasteiger charge is -2.27. The van der Waals surface area contributed by atoms with Crippen LogP contribution in [-0.4, -0.2) is 31.2 Å². The van der Waals surface area contributed by atoms with Crippen LogP contribution in [0.15, 0.2) is 18.2 Å². The Morgan fingerprint density at radius 3 is 2.75 bits per heavy atom. The van der Waals surface area contributed by atoms with E-state index >= 15 is 0 Å². The summed E-state index contributed by atoms with van der Waals surface area (Å²) in [7, 11) is 0. The summed E-state index contributed by atoms with van der Waals surface area (Å²) in [6, 6.07) is 5.64. The zero-order chi connectivity index (χ0) is 14.5. The monoisotopic (exact) mass is 278 g/mol. The molecule has 1 heterocycles. The van der Waals surface area contributed by atoms with E-state index in [1.165, 1.54) is 13.8 Å². The first-order valence-electron chi connectivity index (χ1n) is 6.48. The molecule has 0 radical (unpaired) electrons. The normalized spacial score (nSPS) is 16.4. The third-order valence-electron chi connectivity index (χ3n) is 2.82. The van der Waals surface area contributed by atoms with E-state index in [-0.39, 0.29) is 18.4 Å². The van der Waals surface area contributed by atoms with Gasteiger partial charge in [0.15, 0.2) is 11.5 Å². The molecule has 0 aliphatic carbocycles. The molecule has 0 aromatic heterocycles. The maximum atomic E-state index is 11.0.